The summed E-state index contributed by atoms with van der Waals surface area (Å²) in [6.45, 7) is 4.07. The number of aldehydes is 1. The Hall–Kier alpha value is -1.90. The second-order valence-corrected chi connectivity index (χ2v) is 3.23. The number of carbonyl (C=O) groups excluding carboxylic acids is 1. The van der Waals surface area contributed by atoms with Gasteiger partial charge in [0.05, 0.1) is 5.69 Å². The lowest BCUT2D eigenvalue weighted by molar-refractivity contribution is -0.104. The van der Waals surface area contributed by atoms with Gasteiger partial charge in [-0.15, -0.1) is 0 Å². The van der Waals surface area contributed by atoms with Gasteiger partial charge < -0.3 is 0 Å². The summed E-state index contributed by atoms with van der Waals surface area (Å²) >= 11 is 0. The first-order chi connectivity index (χ1) is 7.24. The average Bonchev–Trinajstić information content (AvgIpc) is 2.20. The fourth-order valence-corrected chi connectivity index (χ4v) is 1.18. The summed E-state index contributed by atoms with van der Waals surface area (Å²) < 4.78 is 0. The second kappa shape index (κ2) is 5.75. The van der Waals surface area contributed by atoms with Crippen LogP contribution in [0.4, 0.5) is 5.69 Å². The van der Waals surface area contributed by atoms with Crippen LogP contribution in [-0.2, 0) is 4.79 Å². The van der Waals surface area contributed by atoms with Crippen LogP contribution in [-0.4, -0.2) is 12.5 Å². The van der Waals surface area contributed by atoms with Crippen LogP contribution in [0.25, 0.3) is 0 Å². The van der Waals surface area contributed by atoms with Gasteiger partial charge >= 0.3 is 0 Å². The lowest BCUT2D eigenvalue weighted by atomic mass is 10.1. The zero-order chi connectivity index (χ0) is 11.1. The van der Waals surface area contributed by atoms with Crippen LogP contribution >= 0.6 is 0 Å². The highest BCUT2D eigenvalue weighted by atomic mass is 16.1. The predicted octanol–water partition coefficient (Wildman–Crippen LogP) is 2.46. The summed E-state index contributed by atoms with van der Waals surface area (Å²) in [6.07, 6.45) is 5.20. The molecule has 0 saturated heterocycles. The monoisotopic (exact) mass is 202 g/mol. The molecule has 0 bridgehead atoms. The highest BCUT2D eigenvalue weighted by molar-refractivity contribution is 5.79. The number of benzene rings is 1. The minimum absolute atomic E-state index is 0.711. The summed E-state index contributed by atoms with van der Waals surface area (Å²) in [7, 11) is 0. The smallest absolute Gasteiger partial charge is 0.142 e. The van der Waals surface area contributed by atoms with E-state index in [1.807, 2.05) is 26.0 Å². The quantitative estimate of drug-likeness (QED) is 0.352. The van der Waals surface area contributed by atoms with Gasteiger partial charge in [-0.2, -0.15) is 5.10 Å². The predicted molar refractivity (Wildman–Crippen MR) is 63.2 cm³/mol. The van der Waals surface area contributed by atoms with Crippen molar-refractivity contribution in [3.63, 3.8) is 0 Å². The highest BCUT2D eigenvalue weighted by Gasteiger charge is 1.94. The van der Waals surface area contributed by atoms with E-state index in [0.717, 1.165) is 11.3 Å². The van der Waals surface area contributed by atoms with E-state index in [9.17, 15) is 4.79 Å². The average molecular weight is 202 g/mol. The van der Waals surface area contributed by atoms with Crippen molar-refractivity contribution in [1.29, 1.82) is 0 Å². The molecule has 0 saturated carbocycles. The third-order valence-electron chi connectivity index (χ3n) is 1.92. The number of hydrogen-bond acceptors (Lipinski definition) is 3. The molecular weight excluding hydrogens is 188 g/mol. The Morgan fingerprint density at radius 3 is 2.73 bits per heavy atom. The van der Waals surface area contributed by atoms with Gasteiger partial charge in [0.1, 0.15) is 6.29 Å². The van der Waals surface area contributed by atoms with Crippen LogP contribution in [0, 0.1) is 13.8 Å². The second-order valence-electron chi connectivity index (χ2n) is 3.23. The molecule has 1 N–H and O–H groups in total. The molecule has 3 nitrogen and oxygen atoms in total. The zero-order valence-corrected chi connectivity index (χ0v) is 8.90. The molecule has 0 radical (unpaired) electrons. The van der Waals surface area contributed by atoms with E-state index < -0.39 is 0 Å². The number of allylic oxidation sites excluding steroid dienone is 2. The highest BCUT2D eigenvalue weighted by Crippen LogP contribution is 2.15. The fraction of sp³-hybridized carbons (Fsp3) is 0.167. The maximum atomic E-state index is 9.96. The third-order valence-corrected chi connectivity index (χ3v) is 1.92. The van der Waals surface area contributed by atoms with Crippen LogP contribution in [0.3, 0.4) is 0 Å². The standard InChI is InChI=1S/C12H14N2O/c1-10-5-6-12(11(2)9-10)14-13-7-3-4-8-15/h3-9,14H,1-2H3/b4-3+,13-7+. The summed E-state index contributed by atoms with van der Waals surface area (Å²) in [5.74, 6) is 0. The molecule has 0 unspecified atom stereocenters. The SMILES string of the molecule is Cc1ccc(N/N=C/C=C/C=O)c(C)c1. The lowest BCUT2D eigenvalue weighted by Crippen LogP contribution is -1.91. The number of carbonyl (C=O) groups is 1. The Kier molecular flexibility index (Phi) is 4.29. The molecule has 0 fully saturated rings. The Labute approximate surface area is 89.5 Å². The van der Waals surface area contributed by atoms with Crippen LogP contribution < -0.4 is 5.43 Å². The lowest BCUT2D eigenvalue weighted by Gasteiger charge is -2.04. The third kappa shape index (κ3) is 3.77. The molecule has 1 aromatic rings. The molecule has 78 valence electrons. The maximum Gasteiger partial charge on any atom is 0.142 e. The van der Waals surface area contributed by atoms with Crippen molar-refractivity contribution in [2.45, 2.75) is 13.8 Å². The maximum absolute atomic E-state index is 9.96. The van der Waals surface area contributed by atoms with Gasteiger partial charge in [0.25, 0.3) is 0 Å². The van der Waals surface area contributed by atoms with E-state index in [4.69, 9.17) is 0 Å². The molecule has 1 rings (SSSR count). The Morgan fingerprint density at radius 1 is 1.27 bits per heavy atom. The van der Waals surface area contributed by atoms with Crippen molar-refractivity contribution in [3.8, 4) is 0 Å². The topological polar surface area (TPSA) is 41.5 Å². The Balaban J connectivity index is 2.61. The summed E-state index contributed by atoms with van der Waals surface area (Å²) in [5.41, 5.74) is 6.24. The summed E-state index contributed by atoms with van der Waals surface area (Å²) in [6, 6.07) is 6.08. The van der Waals surface area contributed by atoms with Crippen molar-refractivity contribution in [3.05, 3.63) is 41.5 Å². The Morgan fingerprint density at radius 2 is 2.07 bits per heavy atom. The van der Waals surface area contributed by atoms with Gasteiger partial charge in [0.2, 0.25) is 0 Å². The van der Waals surface area contributed by atoms with Crippen LogP contribution in [0.2, 0.25) is 0 Å². The van der Waals surface area contributed by atoms with E-state index in [-0.39, 0.29) is 0 Å². The largest absolute Gasteiger partial charge is 0.299 e. The zero-order valence-electron chi connectivity index (χ0n) is 8.90. The number of aryl methyl sites for hydroxylation is 2. The number of hydrazone groups is 1. The molecule has 0 heterocycles. The van der Waals surface area contributed by atoms with Crippen molar-refractivity contribution in [2.75, 3.05) is 5.43 Å². The van der Waals surface area contributed by atoms with Crippen LogP contribution in [0.5, 0.6) is 0 Å². The first kappa shape index (κ1) is 11.2. The van der Waals surface area contributed by atoms with Gasteiger partial charge in [-0.05, 0) is 37.6 Å². The van der Waals surface area contributed by atoms with Gasteiger partial charge in [0, 0.05) is 6.21 Å². The number of hydrogen-bond donors (Lipinski definition) is 1. The summed E-state index contributed by atoms with van der Waals surface area (Å²) in [4.78, 5) is 9.96. The molecule has 0 spiro atoms. The van der Waals surface area contributed by atoms with Gasteiger partial charge in [-0.1, -0.05) is 17.7 Å². The number of rotatable bonds is 4. The molecule has 3 heteroatoms. The summed E-state index contributed by atoms with van der Waals surface area (Å²) in [5, 5.41) is 3.95. The molecule has 0 atom stereocenters. The van der Waals surface area contributed by atoms with E-state index >= 15 is 0 Å². The van der Waals surface area contributed by atoms with Crippen molar-refractivity contribution >= 4 is 18.2 Å². The van der Waals surface area contributed by atoms with E-state index in [2.05, 4.69) is 16.6 Å². The van der Waals surface area contributed by atoms with Gasteiger partial charge in [-0.3, -0.25) is 10.2 Å². The molecular formula is C12H14N2O. The van der Waals surface area contributed by atoms with Crippen molar-refractivity contribution < 1.29 is 4.79 Å². The molecule has 0 aliphatic carbocycles. The fourth-order valence-electron chi connectivity index (χ4n) is 1.18. The van der Waals surface area contributed by atoms with Gasteiger partial charge in [-0.25, -0.2) is 0 Å². The number of nitrogens with one attached hydrogen (secondary N) is 1. The molecule has 0 aliphatic heterocycles. The Bertz CT molecular complexity index is 395. The van der Waals surface area contributed by atoms with Crippen molar-refractivity contribution in [2.24, 2.45) is 5.10 Å². The van der Waals surface area contributed by atoms with Gasteiger partial charge in [0.15, 0.2) is 0 Å². The molecule has 15 heavy (non-hydrogen) atoms. The minimum Gasteiger partial charge on any atom is -0.299 e. The normalized spacial score (nSPS) is 11.1. The molecule has 0 amide bonds. The first-order valence-electron chi connectivity index (χ1n) is 4.71. The van der Waals surface area contributed by atoms with E-state index in [1.54, 1.807) is 6.08 Å². The minimum atomic E-state index is 0.711. The molecule has 1 aromatic carbocycles. The molecule has 0 aliphatic rings. The first-order valence-corrected chi connectivity index (χ1v) is 4.71. The van der Waals surface area contributed by atoms with E-state index in [0.29, 0.717) is 6.29 Å². The van der Waals surface area contributed by atoms with Crippen LogP contribution in [0.15, 0.2) is 35.5 Å². The molecule has 0 aromatic heterocycles. The van der Waals surface area contributed by atoms with Crippen LogP contribution in [0.1, 0.15) is 11.1 Å². The van der Waals surface area contributed by atoms with E-state index in [1.165, 1.54) is 17.9 Å². The number of nitrogens with zero attached hydrogens (tertiary/aromatic N) is 1. The van der Waals surface area contributed by atoms with Crippen molar-refractivity contribution in [1.82, 2.24) is 0 Å². The number of anilines is 1.